The average Bonchev–Trinajstić information content (AvgIpc) is 3.01. The van der Waals surface area contributed by atoms with Crippen molar-refractivity contribution < 1.29 is 9.59 Å². The maximum absolute atomic E-state index is 12.1. The number of amides is 3. The van der Waals surface area contributed by atoms with E-state index in [0.29, 0.717) is 6.54 Å². The number of carbonyl (C=O) groups excluding carboxylic acids is 2. The summed E-state index contributed by atoms with van der Waals surface area (Å²) in [7, 11) is 0. The van der Waals surface area contributed by atoms with E-state index >= 15 is 0 Å². The van der Waals surface area contributed by atoms with Gasteiger partial charge in [-0.2, -0.15) is 0 Å². The molecule has 1 saturated carbocycles. The monoisotopic (exact) mass is 317 g/mol. The molecular formula is C18H27N3O2. The van der Waals surface area contributed by atoms with Crippen LogP contribution < -0.4 is 10.6 Å². The second kappa shape index (κ2) is 9.30. The van der Waals surface area contributed by atoms with Gasteiger partial charge in [-0.05, 0) is 31.4 Å². The van der Waals surface area contributed by atoms with E-state index in [9.17, 15) is 9.59 Å². The smallest absolute Gasteiger partial charge is 0.321 e. The fraction of sp³-hybridized carbons (Fsp3) is 0.556. The van der Waals surface area contributed by atoms with Crippen LogP contribution in [0.1, 0.15) is 44.6 Å². The van der Waals surface area contributed by atoms with Gasteiger partial charge in [0.2, 0.25) is 5.91 Å². The molecule has 1 fully saturated rings. The third kappa shape index (κ3) is 6.40. The molecule has 0 radical (unpaired) electrons. The molecule has 0 saturated heterocycles. The van der Waals surface area contributed by atoms with Crippen molar-refractivity contribution in [3.8, 4) is 0 Å². The van der Waals surface area contributed by atoms with E-state index in [4.69, 9.17) is 0 Å². The van der Waals surface area contributed by atoms with Crippen LogP contribution in [0, 0.1) is 0 Å². The molecule has 1 aliphatic carbocycles. The zero-order valence-electron chi connectivity index (χ0n) is 13.9. The second-order valence-corrected chi connectivity index (χ2v) is 6.20. The van der Waals surface area contributed by atoms with E-state index < -0.39 is 0 Å². The van der Waals surface area contributed by atoms with Crippen molar-refractivity contribution in [2.45, 2.75) is 51.6 Å². The zero-order valence-corrected chi connectivity index (χ0v) is 13.9. The zero-order chi connectivity index (χ0) is 16.5. The number of carbonyl (C=O) groups is 2. The average molecular weight is 317 g/mol. The van der Waals surface area contributed by atoms with Crippen molar-refractivity contribution in [2.24, 2.45) is 0 Å². The van der Waals surface area contributed by atoms with Crippen LogP contribution in [-0.2, 0) is 11.3 Å². The Kier molecular flexibility index (Phi) is 7.07. The van der Waals surface area contributed by atoms with Gasteiger partial charge in [-0.25, -0.2) is 4.79 Å². The lowest BCUT2D eigenvalue weighted by molar-refractivity contribution is -0.121. The minimum Gasteiger partial charge on any atom is -0.335 e. The molecule has 1 aromatic rings. The van der Waals surface area contributed by atoms with Crippen LogP contribution in [0.15, 0.2) is 30.3 Å². The Bertz CT molecular complexity index is 498. The molecule has 1 aliphatic rings. The summed E-state index contributed by atoms with van der Waals surface area (Å²) in [6.45, 7) is 3.86. The first kappa shape index (κ1) is 17.5. The van der Waals surface area contributed by atoms with E-state index in [1.807, 2.05) is 30.3 Å². The standard InChI is InChI=1S/C18H27N3O2/c1-2-12-21(13-15-8-4-3-5-9-15)14-17(22)20-18(23)19-16-10-6-7-11-16/h3-5,8-9,16H,2,6-7,10-14H2,1H3,(H2,19,20,22,23). The van der Waals surface area contributed by atoms with Gasteiger partial charge < -0.3 is 5.32 Å². The molecular weight excluding hydrogens is 290 g/mol. The van der Waals surface area contributed by atoms with Crippen LogP contribution in [-0.4, -0.2) is 36.0 Å². The number of nitrogens with zero attached hydrogens (tertiary/aromatic N) is 1. The van der Waals surface area contributed by atoms with Gasteiger partial charge in [-0.15, -0.1) is 0 Å². The van der Waals surface area contributed by atoms with Crippen LogP contribution in [0.4, 0.5) is 4.79 Å². The lowest BCUT2D eigenvalue weighted by atomic mass is 10.2. The van der Waals surface area contributed by atoms with E-state index in [1.54, 1.807) is 0 Å². The molecule has 1 aromatic carbocycles. The third-order valence-electron chi connectivity index (χ3n) is 4.10. The van der Waals surface area contributed by atoms with Crippen LogP contribution in [0.5, 0.6) is 0 Å². The Morgan fingerprint density at radius 2 is 1.87 bits per heavy atom. The molecule has 0 spiro atoms. The van der Waals surface area contributed by atoms with Crippen LogP contribution >= 0.6 is 0 Å². The first-order valence-electron chi connectivity index (χ1n) is 8.54. The topological polar surface area (TPSA) is 61.4 Å². The Labute approximate surface area is 138 Å². The molecule has 5 nitrogen and oxygen atoms in total. The van der Waals surface area contributed by atoms with Crippen molar-refractivity contribution in [1.29, 1.82) is 0 Å². The van der Waals surface area contributed by atoms with Crippen molar-refractivity contribution >= 4 is 11.9 Å². The lowest BCUT2D eigenvalue weighted by Crippen LogP contribution is -2.47. The number of urea groups is 1. The molecule has 0 unspecified atom stereocenters. The minimum atomic E-state index is -0.363. The molecule has 3 amide bonds. The maximum atomic E-state index is 12.1. The SMILES string of the molecule is CCCN(CC(=O)NC(=O)NC1CCCC1)Cc1ccccc1. The van der Waals surface area contributed by atoms with Gasteiger partial charge >= 0.3 is 6.03 Å². The van der Waals surface area contributed by atoms with Crippen molar-refractivity contribution in [3.63, 3.8) is 0 Å². The normalized spacial score (nSPS) is 14.9. The molecule has 23 heavy (non-hydrogen) atoms. The Balaban J connectivity index is 1.78. The molecule has 2 N–H and O–H groups in total. The summed E-state index contributed by atoms with van der Waals surface area (Å²) in [6.07, 6.45) is 5.30. The quantitative estimate of drug-likeness (QED) is 0.813. The lowest BCUT2D eigenvalue weighted by Gasteiger charge is -2.21. The first-order chi connectivity index (χ1) is 11.2. The Morgan fingerprint density at radius 3 is 2.52 bits per heavy atom. The summed E-state index contributed by atoms with van der Waals surface area (Å²) in [4.78, 5) is 26.0. The summed E-state index contributed by atoms with van der Waals surface area (Å²) < 4.78 is 0. The summed E-state index contributed by atoms with van der Waals surface area (Å²) in [5, 5.41) is 5.33. The van der Waals surface area contributed by atoms with Gasteiger partial charge in [0.05, 0.1) is 6.54 Å². The largest absolute Gasteiger partial charge is 0.335 e. The van der Waals surface area contributed by atoms with E-state index in [-0.39, 0.29) is 24.5 Å². The van der Waals surface area contributed by atoms with Gasteiger partial charge in [0.1, 0.15) is 0 Å². The van der Waals surface area contributed by atoms with Gasteiger partial charge in [0.15, 0.2) is 0 Å². The summed E-state index contributed by atoms with van der Waals surface area (Å²) in [5.74, 6) is -0.245. The maximum Gasteiger partial charge on any atom is 0.321 e. The predicted octanol–water partition coefficient (Wildman–Crippen LogP) is 2.67. The second-order valence-electron chi connectivity index (χ2n) is 6.20. The van der Waals surface area contributed by atoms with Crippen molar-refractivity contribution in [3.05, 3.63) is 35.9 Å². The van der Waals surface area contributed by atoms with E-state index in [2.05, 4.69) is 22.5 Å². The molecule has 0 aliphatic heterocycles. The van der Waals surface area contributed by atoms with Crippen molar-refractivity contribution in [1.82, 2.24) is 15.5 Å². The molecule has 0 bridgehead atoms. The highest BCUT2D eigenvalue weighted by Crippen LogP contribution is 2.17. The van der Waals surface area contributed by atoms with E-state index in [1.165, 1.54) is 5.56 Å². The van der Waals surface area contributed by atoms with Crippen LogP contribution in [0.2, 0.25) is 0 Å². The van der Waals surface area contributed by atoms with Crippen LogP contribution in [0.25, 0.3) is 0 Å². The van der Waals surface area contributed by atoms with Gasteiger partial charge in [0.25, 0.3) is 0 Å². The number of hydrogen-bond donors (Lipinski definition) is 2. The first-order valence-corrected chi connectivity index (χ1v) is 8.54. The number of rotatable bonds is 7. The highest BCUT2D eigenvalue weighted by atomic mass is 16.2. The van der Waals surface area contributed by atoms with Gasteiger partial charge in [-0.1, -0.05) is 50.1 Å². The van der Waals surface area contributed by atoms with Gasteiger partial charge in [0, 0.05) is 12.6 Å². The number of imide groups is 1. The highest BCUT2D eigenvalue weighted by molar-refractivity contribution is 5.95. The number of nitrogens with one attached hydrogen (secondary N) is 2. The molecule has 0 heterocycles. The molecule has 126 valence electrons. The number of hydrogen-bond acceptors (Lipinski definition) is 3. The van der Waals surface area contributed by atoms with E-state index in [0.717, 1.165) is 38.6 Å². The molecule has 0 aromatic heterocycles. The molecule has 2 rings (SSSR count). The summed E-state index contributed by atoms with van der Waals surface area (Å²) in [6, 6.07) is 9.93. The fourth-order valence-electron chi connectivity index (χ4n) is 3.03. The fourth-order valence-corrected chi connectivity index (χ4v) is 3.03. The third-order valence-corrected chi connectivity index (χ3v) is 4.10. The summed E-state index contributed by atoms with van der Waals surface area (Å²) in [5.41, 5.74) is 1.17. The van der Waals surface area contributed by atoms with Crippen molar-refractivity contribution in [2.75, 3.05) is 13.1 Å². The Morgan fingerprint density at radius 1 is 1.17 bits per heavy atom. The van der Waals surface area contributed by atoms with Gasteiger partial charge in [-0.3, -0.25) is 15.0 Å². The Hall–Kier alpha value is -1.88. The predicted molar refractivity (Wildman–Crippen MR) is 90.9 cm³/mol. The minimum absolute atomic E-state index is 0.221. The summed E-state index contributed by atoms with van der Waals surface area (Å²) >= 11 is 0. The molecule has 0 atom stereocenters. The number of benzene rings is 1. The molecule has 5 heteroatoms. The highest BCUT2D eigenvalue weighted by Gasteiger charge is 2.19. The van der Waals surface area contributed by atoms with Crippen LogP contribution in [0.3, 0.4) is 0 Å².